The summed E-state index contributed by atoms with van der Waals surface area (Å²) >= 11 is 0. The maximum absolute atomic E-state index is 11.8. The number of hydrogen-bond donors (Lipinski definition) is 1. The fourth-order valence-corrected chi connectivity index (χ4v) is 1.99. The second-order valence-electron chi connectivity index (χ2n) is 5.16. The zero-order chi connectivity index (χ0) is 12.7. The molecule has 1 heterocycles. The summed E-state index contributed by atoms with van der Waals surface area (Å²) in [4.78, 5) is 13.7. The molecule has 1 fully saturated rings. The summed E-state index contributed by atoms with van der Waals surface area (Å²) in [5, 5.41) is 3.01. The van der Waals surface area contributed by atoms with E-state index in [-0.39, 0.29) is 5.91 Å². The van der Waals surface area contributed by atoms with Crippen LogP contribution in [0.2, 0.25) is 0 Å². The van der Waals surface area contributed by atoms with Gasteiger partial charge in [-0.25, -0.2) is 0 Å². The summed E-state index contributed by atoms with van der Waals surface area (Å²) in [7, 11) is 1.87. The van der Waals surface area contributed by atoms with Gasteiger partial charge in [-0.1, -0.05) is 13.8 Å². The highest BCUT2D eigenvalue weighted by atomic mass is 16.5. The molecule has 0 aromatic heterocycles. The van der Waals surface area contributed by atoms with Crippen LogP contribution in [0.25, 0.3) is 0 Å². The minimum Gasteiger partial charge on any atom is -0.378 e. The molecule has 0 aromatic rings. The smallest absolute Gasteiger partial charge is 0.223 e. The Hall–Kier alpha value is -0.610. The van der Waals surface area contributed by atoms with Crippen LogP contribution in [0, 0.1) is 5.92 Å². The number of nitrogens with zero attached hydrogens (tertiary/aromatic N) is 1. The van der Waals surface area contributed by atoms with Gasteiger partial charge in [-0.2, -0.15) is 0 Å². The van der Waals surface area contributed by atoms with Crippen molar-refractivity contribution in [2.24, 2.45) is 5.92 Å². The summed E-state index contributed by atoms with van der Waals surface area (Å²) in [6.07, 6.45) is 2.93. The number of carbonyl (C=O) groups is 1. The monoisotopic (exact) mass is 242 g/mol. The molecule has 1 N–H and O–H groups in total. The van der Waals surface area contributed by atoms with E-state index < -0.39 is 0 Å². The van der Waals surface area contributed by atoms with Gasteiger partial charge in [0.15, 0.2) is 0 Å². The minimum absolute atomic E-state index is 0.265. The number of hydrogen-bond acceptors (Lipinski definition) is 3. The second-order valence-corrected chi connectivity index (χ2v) is 5.16. The third-order valence-corrected chi connectivity index (χ3v) is 3.05. The number of piperidine rings is 1. The quantitative estimate of drug-likeness (QED) is 0.762. The first-order chi connectivity index (χ1) is 8.13. The summed E-state index contributed by atoms with van der Waals surface area (Å²) in [6.45, 7) is 7.63. The van der Waals surface area contributed by atoms with Crippen LogP contribution in [-0.4, -0.2) is 50.2 Å². The van der Waals surface area contributed by atoms with E-state index >= 15 is 0 Å². The molecule has 4 nitrogen and oxygen atoms in total. The maximum Gasteiger partial charge on any atom is 0.223 e. The summed E-state index contributed by atoms with van der Waals surface area (Å²) in [6, 6.07) is 0. The van der Waals surface area contributed by atoms with Crippen LogP contribution in [-0.2, 0) is 9.53 Å². The predicted molar refractivity (Wildman–Crippen MR) is 68.9 cm³/mol. The van der Waals surface area contributed by atoms with Crippen molar-refractivity contribution >= 4 is 5.91 Å². The Morgan fingerprint density at radius 1 is 1.41 bits per heavy atom. The number of amides is 1. The Kier molecular flexibility index (Phi) is 6.52. The number of carbonyl (C=O) groups excluding carboxylic acids is 1. The molecule has 1 rings (SSSR count). The fourth-order valence-electron chi connectivity index (χ4n) is 1.99. The molecule has 1 aliphatic rings. The molecule has 100 valence electrons. The zero-order valence-corrected chi connectivity index (χ0v) is 11.4. The van der Waals surface area contributed by atoms with Crippen LogP contribution < -0.4 is 5.32 Å². The van der Waals surface area contributed by atoms with Gasteiger partial charge in [0, 0.05) is 32.7 Å². The predicted octanol–water partition coefficient (Wildman–Crippen LogP) is 1.26. The van der Waals surface area contributed by atoms with Crippen molar-refractivity contribution < 1.29 is 9.53 Å². The largest absolute Gasteiger partial charge is 0.378 e. The van der Waals surface area contributed by atoms with E-state index in [9.17, 15) is 4.79 Å². The van der Waals surface area contributed by atoms with Gasteiger partial charge in [0.05, 0.1) is 6.10 Å². The first-order valence-corrected chi connectivity index (χ1v) is 6.67. The number of ether oxygens (including phenoxy) is 1. The van der Waals surface area contributed by atoms with Crippen LogP contribution in [0.5, 0.6) is 0 Å². The Morgan fingerprint density at radius 2 is 2.06 bits per heavy atom. The lowest BCUT2D eigenvalue weighted by Gasteiger charge is -2.32. The maximum atomic E-state index is 11.8. The van der Waals surface area contributed by atoms with E-state index in [2.05, 4.69) is 19.2 Å². The van der Waals surface area contributed by atoms with Gasteiger partial charge in [0.1, 0.15) is 0 Å². The first kappa shape index (κ1) is 14.5. The molecule has 0 saturated carbocycles. The summed E-state index contributed by atoms with van der Waals surface area (Å²) in [5.74, 6) is 0.854. The molecular weight excluding hydrogens is 216 g/mol. The average Bonchev–Trinajstić information content (AvgIpc) is 2.34. The molecule has 0 spiro atoms. The van der Waals surface area contributed by atoms with E-state index in [4.69, 9.17) is 4.74 Å². The SMILES string of the molecule is CNCCC(=O)N1CCC(OCC(C)C)CC1. The third-order valence-electron chi connectivity index (χ3n) is 3.05. The van der Waals surface area contributed by atoms with E-state index in [1.807, 2.05) is 11.9 Å². The molecule has 17 heavy (non-hydrogen) atoms. The van der Waals surface area contributed by atoms with Crippen LogP contribution >= 0.6 is 0 Å². The molecule has 0 unspecified atom stereocenters. The molecule has 1 saturated heterocycles. The van der Waals surface area contributed by atoms with E-state index in [0.29, 0.717) is 18.4 Å². The van der Waals surface area contributed by atoms with Crippen molar-refractivity contribution in [2.75, 3.05) is 33.3 Å². The van der Waals surface area contributed by atoms with Gasteiger partial charge in [-0.15, -0.1) is 0 Å². The van der Waals surface area contributed by atoms with Crippen molar-refractivity contribution in [2.45, 2.75) is 39.2 Å². The molecular formula is C13H26N2O2. The van der Waals surface area contributed by atoms with E-state index in [1.54, 1.807) is 0 Å². The lowest BCUT2D eigenvalue weighted by Crippen LogP contribution is -2.41. The number of nitrogens with one attached hydrogen (secondary N) is 1. The highest BCUT2D eigenvalue weighted by Crippen LogP contribution is 2.15. The highest BCUT2D eigenvalue weighted by molar-refractivity contribution is 5.76. The van der Waals surface area contributed by atoms with Crippen molar-refractivity contribution in [1.82, 2.24) is 10.2 Å². The van der Waals surface area contributed by atoms with E-state index in [0.717, 1.165) is 39.1 Å². The molecule has 0 aromatic carbocycles. The van der Waals surface area contributed by atoms with Crippen molar-refractivity contribution in [3.63, 3.8) is 0 Å². The molecule has 0 bridgehead atoms. The lowest BCUT2D eigenvalue weighted by molar-refractivity contribution is -0.133. The minimum atomic E-state index is 0.265. The average molecular weight is 242 g/mol. The molecule has 0 radical (unpaired) electrons. The fraction of sp³-hybridized carbons (Fsp3) is 0.923. The standard InChI is InChI=1S/C13H26N2O2/c1-11(2)10-17-12-5-8-15(9-6-12)13(16)4-7-14-3/h11-12,14H,4-10H2,1-3H3. The third kappa shape index (κ3) is 5.50. The van der Waals surface area contributed by atoms with E-state index in [1.165, 1.54) is 0 Å². The number of likely N-dealkylation sites (tertiary alicyclic amines) is 1. The first-order valence-electron chi connectivity index (χ1n) is 6.67. The van der Waals surface area contributed by atoms with Crippen molar-refractivity contribution in [1.29, 1.82) is 0 Å². The van der Waals surface area contributed by atoms with Crippen molar-refractivity contribution in [3.05, 3.63) is 0 Å². The van der Waals surface area contributed by atoms with Gasteiger partial charge >= 0.3 is 0 Å². The zero-order valence-electron chi connectivity index (χ0n) is 11.4. The van der Waals surface area contributed by atoms with Crippen LogP contribution in [0.15, 0.2) is 0 Å². The lowest BCUT2D eigenvalue weighted by atomic mass is 10.1. The number of rotatable bonds is 6. The topological polar surface area (TPSA) is 41.6 Å². The molecule has 1 amide bonds. The Labute approximate surface area is 105 Å². The Bertz CT molecular complexity index is 223. The Balaban J connectivity index is 2.18. The van der Waals surface area contributed by atoms with Crippen LogP contribution in [0.4, 0.5) is 0 Å². The highest BCUT2D eigenvalue weighted by Gasteiger charge is 2.22. The van der Waals surface area contributed by atoms with Gasteiger partial charge < -0.3 is 15.0 Å². The van der Waals surface area contributed by atoms with Crippen LogP contribution in [0.3, 0.4) is 0 Å². The van der Waals surface area contributed by atoms with Crippen LogP contribution in [0.1, 0.15) is 33.1 Å². The van der Waals surface area contributed by atoms with Gasteiger partial charge in [0.2, 0.25) is 5.91 Å². The molecule has 0 atom stereocenters. The normalized spacial score (nSPS) is 17.8. The summed E-state index contributed by atoms with van der Waals surface area (Å²) < 4.78 is 5.80. The second kappa shape index (κ2) is 7.67. The van der Waals surface area contributed by atoms with Crippen molar-refractivity contribution in [3.8, 4) is 0 Å². The molecule has 4 heteroatoms. The molecule has 1 aliphatic heterocycles. The van der Waals surface area contributed by atoms with Gasteiger partial charge in [-0.3, -0.25) is 4.79 Å². The van der Waals surface area contributed by atoms with Gasteiger partial charge in [0.25, 0.3) is 0 Å². The molecule has 0 aliphatic carbocycles. The Morgan fingerprint density at radius 3 is 2.59 bits per heavy atom. The summed E-state index contributed by atoms with van der Waals surface area (Å²) in [5.41, 5.74) is 0. The van der Waals surface area contributed by atoms with Gasteiger partial charge in [-0.05, 0) is 25.8 Å².